The number of aromatic hydroxyl groups is 1. The molecule has 0 aliphatic carbocycles. The molecule has 0 unspecified atom stereocenters. The van der Waals surface area contributed by atoms with Crippen molar-refractivity contribution in [1.29, 1.82) is 0 Å². The van der Waals surface area contributed by atoms with Crippen molar-refractivity contribution < 1.29 is 24.3 Å². The minimum Gasteiger partial charge on any atom is -0.500 e. The van der Waals surface area contributed by atoms with Gasteiger partial charge in [0.2, 0.25) is 5.75 Å². The Morgan fingerprint density at radius 1 is 1.33 bits per heavy atom. The van der Waals surface area contributed by atoms with Crippen molar-refractivity contribution in [3.63, 3.8) is 0 Å². The number of nitrogens with one attached hydrogen (secondary N) is 1. The predicted molar refractivity (Wildman–Crippen MR) is 98.6 cm³/mol. The number of nitrogens with zero attached hydrogens (tertiary/aromatic N) is 2. The van der Waals surface area contributed by atoms with Crippen LogP contribution in [0.1, 0.15) is 29.3 Å². The van der Waals surface area contributed by atoms with Gasteiger partial charge in [-0.2, -0.15) is 5.10 Å². The Balaban J connectivity index is 2.07. The van der Waals surface area contributed by atoms with Crippen LogP contribution in [0.2, 0.25) is 0 Å². The monoisotopic (exact) mass is 373 g/mol. The summed E-state index contributed by atoms with van der Waals surface area (Å²) in [6, 6.07) is 9.05. The van der Waals surface area contributed by atoms with E-state index in [2.05, 4.69) is 10.5 Å². The van der Waals surface area contributed by atoms with Gasteiger partial charge < -0.3 is 14.6 Å². The number of hydrogen-bond donors (Lipinski definition) is 2. The Hall–Kier alpha value is -3.62. The average molecular weight is 373 g/mol. The van der Waals surface area contributed by atoms with Crippen LogP contribution in [0.15, 0.2) is 41.5 Å². The molecule has 1 amide bonds. The highest BCUT2D eigenvalue weighted by molar-refractivity contribution is 5.95. The highest BCUT2D eigenvalue weighted by atomic mass is 16.6. The molecule has 2 aromatic rings. The number of rotatable bonds is 8. The van der Waals surface area contributed by atoms with E-state index in [0.717, 1.165) is 12.5 Å². The van der Waals surface area contributed by atoms with E-state index >= 15 is 0 Å². The van der Waals surface area contributed by atoms with E-state index in [0.29, 0.717) is 17.9 Å². The fourth-order valence-electron chi connectivity index (χ4n) is 2.14. The first-order valence-electron chi connectivity index (χ1n) is 8.08. The van der Waals surface area contributed by atoms with E-state index in [1.54, 1.807) is 24.3 Å². The normalized spacial score (nSPS) is 10.6. The third-order valence-corrected chi connectivity index (χ3v) is 3.46. The van der Waals surface area contributed by atoms with Crippen LogP contribution >= 0.6 is 0 Å². The van der Waals surface area contributed by atoms with Gasteiger partial charge in [0, 0.05) is 17.2 Å². The molecule has 0 bridgehead atoms. The number of hydrogen-bond acceptors (Lipinski definition) is 7. The number of ether oxygens (including phenoxy) is 2. The first-order chi connectivity index (χ1) is 13.0. The van der Waals surface area contributed by atoms with Crippen molar-refractivity contribution in [2.75, 3.05) is 13.7 Å². The second-order valence-electron chi connectivity index (χ2n) is 5.42. The van der Waals surface area contributed by atoms with Gasteiger partial charge in [-0.3, -0.25) is 14.9 Å². The van der Waals surface area contributed by atoms with Crippen LogP contribution in [0.3, 0.4) is 0 Å². The largest absolute Gasteiger partial charge is 0.500 e. The van der Waals surface area contributed by atoms with Crippen LogP contribution in [-0.4, -0.2) is 35.9 Å². The van der Waals surface area contributed by atoms with Gasteiger partial charge in [0.1, 0.15) is 5.75 Å². The number of phenolic OH excluding ortho intramolecular Hbond substituents is 1. The summed E-state index contributed by atoms with van der Waals surface area (Å²) in [5, 5.41) is 24.5. The molecule has 0 atom stereocenters. The van der Waals surface area contributed by atoms with Crippen LogP contribution < -0.4 is 14.9 Å². The zero-order valence-corrected chi connectivity index (χ0v) is 14.8. The molecule has 0 radical (unpaired) electrons. The lowest BCUT2D eigenvalue weighted by Gasteiger charge is -2.06. The average Bonchev–Trinajstić information content (AvgIpc) is 2.67. The molecule has 9 nitrogen and oxygen atoms in total. The lowest BCUT2D eigenvalue weighted by Crippen LogP contribution is -2.17. The quantitative estimate of drug-likeness (QED) is 0.417. The number of amides is 1. The molecule has 2 aromatic carbocycles. The van der Waals surface area contributed by atoms with Gasteiger partial charge in [-0.05, 0) is 36.8 Å². The number of nitro benzene ring substituents is 1. The summed E-state index contributed by atoms with van der Waals surface area (Å²) in [4.78, 5) is 22.3. The molecule has 0 saturated heterocycles. The molecule has 2 rings (SSSR count). The zero-order chi connectivity index (χ0) is 19.8. The number of nitro groups is 1. The molecule has 2 N–H and O–H groups in total. The lowest BCUT2D eigenvalue weighted by molar-refractivity contribution is -0.386. The number of benzene rings is 2. The summed E-state index contributed by atoms with van der Waals surface area (Å²) < 4.78 is 10.3. The molecule has 9 heteroatoms. The van der Waals surface area contributed by atoms with Gasteiger partial charge >= 0.3 is 5.69 Å². The summed E-state index contributed by atoms with van der Waals surface area (Å²) in [5.41, 5.74) is 2.46. The number of carbonyl (C=O) groups is 1. The van der Waals surface area contributed by atoms with Gasteiger partial charge in [-0.1, -0.05) is 6.92 Å². The summed E-state index contributed by atoms with van der Waals surface area (Å²) >= 11 is 0. The van der Waals surface area contributed by atoms with Crippen molar-refractivity contribution in [3.8, 4) is 17.2 Å². The predicted octanol–water partition coefficient (Wildman–Crippen LogP) is 2.86. The Labute approximate surface area is 155 Å². The van der Waals surface area contributed by atoms with Gasteiger partial charge in [0.25, 0.3) is 5.91 Å². The second-order valence-corrected chi connectivity index (χ2v) is 5.42. The molecule has 0 fully saturated rings. The van der Waals surface area contributed by atoms with Gasteiger partial charge in [0.05, 0.1) is 24.9 Å². The maximum absolute atomic E-state index is 12.1. The van der Waals surface area contributed by atoms with Crippen LogP contribution in [0, 0.1) is 10.1 Å². The zero-order valence-electron chi connectivity index (χ0n) is 14.8. The van der Waals surface area contributed by atoms with E-state index in [1.807, 2.05) is 6.92 Å². The van der Waals surface area contributed by atoms with Gasteiger partial charge in [-0.25, -0.2) is 5.43 Å². The molecule has 0 spiro atoms. The Kier molecular flexibility index (Phi) is 6.70. The van der Waals surface area contributed by atoms with Crippen molar-refractivity contribution in [2.24, 2.45) is 5.10 Å². The third-order valence-electron chi connectivity index (χ3n) is 3.46. The van der Waals surface area contributed by atoms with Crippen LogP contribution in [0.4, 0.5) is 5.69 Å². The number of hydrazone groups is 1. The van der Waals surface area contributed by atoms with Gasteiger partial charge in [-0.15, -0.1) is 0 Å². The van der Waals surface area contributed by atoms with E-state index in [-0.39, 0.29) is 11.3 Å². The Bertz CT molecular complexity index is 849. The molecule has 0 aliphatic heterocycles. The smallest absolute Gasteiger partial charge is 0.315 e. The lowest BCUT2D eigenvalue weighted by atomic mass is 10.2. The highest BCUT2D eigenvalue weighted by Crippen LogP contribution is 2.36. The SMILES string of the molecule is CCCOc1ccc(C(=O)N/N=C\c2cc(OC)c(O)c([N+](=O)[O-])c2)cc1. The van der Waals surface area contributed by atoms with E-state index in [9.17, 15) is 20.0 Å². The van der Waals surface area contributed by atoms with E-state index in [4.69, 9.17) is 9.47 Å². The topological polar surface area (TPSA) is 123 Å². The van der Waals surface area contributed by atoms with Crippen molar-refractivity contribution >= 4 is 17.8 Å². The minimum absolute atomic E-state index is 0.0698. The Morgan fingerprint density at radius 2 is 2.04 bits per heavy atom. The van der Waals surface area contributed by atoms with Crippen LogP contribution in [0.5, 0.6) is 17.2 Å². The van der Waals surface area contributed by atoms with E-state index < -0.39 is 22.3 Å². The molecule has 0 aromatic heterocycles. The maximum Gasteiger partial charge on any atom is 0.315 e. The Morgan fingerprint density at radius 3 is 2.63 bits per heavy atom. The fraction of sp³-hybridized carbons (Fsp3) is 0.222. The molecule has 0 saturated carbocycles. The van der Waals surface area contributed by atoms with Crippen molar-refractivity contribution in [3.05, 3.63) is 57.6 Å². The third kappa shape index (κ3) is 5.18. The van der Waals surface area contributed by atoms with Crippen LogP contribution in [-0.2, 0) is 0 Å². The molecule has 142 valence electrons. The number of carbonyl (C=O) groups excluding carboxylic acids is 1. The second kappa shape index (κ2) is 9.18. The van der Waals surface area contributed by atoms with Crippen molar-refractivity contribution in [2.45, 2.75) is 13.3 Å². The summed E-state index contributed by atoms with van der Waals surface area (Å²) in [6.07, 6.45) is 2.10. The maximum atomic E-state index is 12.1. The summed E-state index contributed by atoms with van der Waals surface area (Å²) in [7, 11) is 1.27. The summed E-state index contributed by atoms with van der Waals surface area (Å²) in [5.74, 6) is -0.428. The van der Waals surface area contributed by atoms with E-state index in [1.165, 1.54) is 19.4 Å². The van der Waals surface area contributed by atoms with Gasteiger partial charge in [0.15, 0.2) is 5.75 Å². The number of phenols is 1. The van der Waals surface area contributed by atoms with Crippen LogP contribution in [0.25, 0.3) is 0 Å². The fourth-order valence-corrected chi connectivity index (χ4v) is 2.14. The molecule has 0 aliphatic rings. The summed E-state index contributed by atoms with van der Waals surface area (Å²) in [6.45, 7) is 2.59. The molecule has 0 heterocycles. The first kappa shape index (κ1) is 19.7. The minimum atomic E-state index is -0.740. The van der Waals surface area contributed by atoms with Crippen molar-refractivity contribution in [1.82, 2.24) is 5.43 Å². The first-order valence-corrected chi connectivity index (χ1v) is 8.08. The molecule has 27 heavy (non-hydrogen) atoms. The highest BCUT2D eigenvalue weighted by Gasteiger charge is 2.19. The molecular weight excluding hydrogens is 354 g/mol. The standard InChI is InChI=1S/C18H19N3O6/c1-3-8-27-14-6-4-13(5-7-14)18(23)20-19-11-12-9-15(21(24)25)17(22)16(10-12)26-2/h4-7,9-11,22H,3,8H2,1-2H3,(H,20,23)/b19-11-. The number of methoxy groups -OCH3 is 1. The molecular formula is C18H19N3O6.